The van der Waals surface area contributed by atoms with E-state index in [0.29, 0.717) is 0 Å². The molecular weight excluding hydrogens is 250 g/mol. The van der Waals surface area contributed by atoms with E-state index in [9.17, 15) is 0 Å². The molecule has 0 spiro atoms. The molecule has 1 unspecified atom stereocenters. The van der Waals surface area contributed by atoms with Crippen LogP contribution in [0.4, 0.5) is 0 Å². The molecule has 1 aromatic rings. The average molecular weight is 268 g/mol. The van der Waals surface area contributed by atoms with Gasteiger partial charge in [-0.3, -0.25) is 0 Å². The van der Waals surface area contributed by atoms with Gasteiger partial charge < -0.3 is 5.32 Å². The van der Waals surface area contributed by atoms with E-state index in [1.54, 1.807) is 0 Å². The summed E-state index contributed by atoms with van der Waals surface area (Å²) in [5, 5.41) is 3.73. The first-order valence-corrected chi connectivity index (χ1v) is 6.27. The van der Waals surface area contributed by atoms with Crippen molar-refractivity contribution < 1.29 is 0 Å². The van der Waals surface area contributed by atoms with Gasteiger partial charge in [-0.2, -0.15) is 0 Å². The van der Waals surface area contributed by atoms with Gasteiger partial charge >= 0.3 is 0 Å². The SMILES string of the molecule is CC1(C)CCC(C)(c2ccccc2Br)N1. The van der Waals surface area contributed by atoms with E-state index in [1.165, 1.54) is 22.9 Å². The fourth-order valence-electron chi connectivity index (χ4n) is 2.55. The third-order valence-electron chi connectivity index (χ3n) is 3.33. The predicted molar refractivity (Wildman–Crippen MR) is 67.9 cm³/mol. The summed E-state index contributed by atoms with van der Waals surface area (Å²) in [4.78, 5) is 0. The van der Waals surface area contributed by atoms with Crippen LogP contribution in [-0.4, -0.2) is 5.54 Å². The van der Waals surface area contributed by atoms with Gasteiger partial charge in [-0.25, -0.2) is 0 Å². The maximum Gasteiger partial charge on any atom is 0.0422 e. The van der Waals surface area contributed by atoms with E-state index in [4.69, 9.17) is 0 Å². The summed E-state index contributed by atoms with van der Waals surface area (Å²) in [5.74, 6) is 0. The van der Waals surface area contributed by atoms with Crippen LogP contribution >= 0.6 is 15.9 Å². The first-order valence-electron chi connectivity index (χ1n) is 5.47. The summed E-state index contributed by atoms with van der Waals surface area (Å²) in [6.07, 6.45) is 2.42. The van der Waals surface area contributed by atoms with E-state index >= 15 is 0 Å². The molecule has 1 N–H and O–H groups in total. The van der Waals surface area contributed by atoms with Crippen LogP contribution in [-0.2, 0) is 5.54 Å². The van der Waals surface area contributed by atoms with Crippen LogP contribution in [0.25, 0.3) is 0 Å². The topological polar surface area (TPSA) is 12.0 Å². The van der Waals surface area contributed by atoms with Crippen molar-refractivity contribution in [3.63, 3.8) is 0 Å². The normalized spacial score (nSPS) is 29.3. The quantitative estimate of drug-likeness (QED) is 0.816. The van der Waals surface area contributed by atoms with E-state index in [1.807, 2.05) is 0 Å². The van der Waals surface area contributed by atoms with E-state index in [2.05, 4.69) is 66.3 Å². The summed E-state index contributed by atoms with van der Waals surface area (Å²) in [6, 6.07) is 8.50. The molecular formula is C13H18BrN. The highest BCUT2D eigenvalue weighted by Crippen LogP contribution is 2.40. The van der Waals surface area contributed by atoms with Crippen molar-refractivity contribution in [2.45, 2.75) is 44.7 Å². The highest BCUT2D eigenvalue weighted by atomic mass is 79.9. The summed E-state index contributed by atoms with van der Waals surface area (Å²) in [6.45, 7) is 6.84. The molecule has 1 fully saturated rings. The van der Waals surface area contributed by atoms with Crippen molar-refractivity contribution >= 4 is 15.9 Å². The first kappa shape index (κ1) is 11.2. The molecule has 1 aliphatic heterocycles. The lowest BCUT2D eigenvalue weighted by Crippen LogP contribution is -2.43. The zero-order valence-electron chi connectivity index (χ0n) is 9.60. The Morgan fingerprint density at radius 2 is 1.80 bits per heavy atom. The molecule has 15 heavy (non-hydrogen) atoms. The largest absolute Gasteiger partial charge is 0.303 e. The second-order valence-electron chi connectivity index (χ2n) is 5.32. The van der Waals surface area contributed by atoms with Gasteiger partial charge in [0.2, 0.25) is 0 Å². The number of benzene rings is 1. The Hall–Kier alpha value is -0.340. The second-order valence-corrected chi connectivity index (χ2v) is 6.18. The van der Waals surface area contributed by atoms with Gasteiger partial charge in [-0.05, 0) is 45.2 Å². The second kappa shape index (κ2) is 3.60. The summed E-state index contributed by atoms with van der Waals surface area (Å²) < 4.78 is 1.21. The Morgan fingerprint density at radius 1 is 1.13 bits per heavy atom. The Kier molecular flexibility index (Phi) is 2.68. The molecule has 0 saturated carbocycles. The van der Waals surface area contributed by atoms with Gasteiger partial charge in [0.15, 0.2) is 0 Å². The maximum absolute atomic E-state index is 3.73. The molecule has 2 heteroatoms. The minimum absolute atomic E-state index is 0.115. The van der Waals surface area contributed by atoms with Gasteiger partial charge in [0.05, 0.1) is 0 Å². The number of hydrogen-bond acceptors (Lipinski definition) is 1. The molecule has 1 aromatic carbocycles. The van der Waals surface area contributed by atoms with Crippen molar-refractivity contribution in [1.29, 1.82) is 0 Å². The van der Waals surface area contributed by atoms with Crippen molar-refractivity contribution in [3.8, 4) is 0 Å². The van der Waals surface area contributed by atoms with Crippen molar-refractivity contribution in [1.82, 2.24) is 5.32 Å². The Morgan fingerprint density at radius 3 is 2.33 bits per heavy atom. The lowest BCUT2D eigenvalue weighted by atomic mass is 9.90. The molecule has 1 atom stereocenters. The third kappa shape index (κ3) is 2.11. The Bertz CT molecular complexity index is 373. The van der Waals surface area contributed by atoms with Crippen LogP contribution < -0.4 is 5.32 Å². The number of nitrogens with one attached hydrogen (secondary N) is 1. The minimum atomic E-state index is 0.115. The molecule has 82 valence electrons. The van der Waals surface area contributed by atoms with Crippen LogP contribution in [0.2, 0.25) is 0 Å². The number of hydrogen-bond donors (Lipinski definition) is 1. The molecule has 1 nitrogen and oxygen atoms in total. The highest BCUT2D eigenvalue weighted by molar-refractivity contribution is 9.10. The van der Waals surface area contributed by atoms with E-state index in [-0.39, 0.29) is 11.1 Å². The van der Waals surface area contributed by atoms with Gasteiger partial charge in [0.1, 0.15) is 0 Å². The highest BCUT2D eigenvalue weighted by Gasteiger charge is 2.40. The number of rotatable bonds is 1. The maximum atomic E-state index is 3.73. The molecule has 0 bridgehead atoms. The molecule has 1 heterocycles. The monoisotopic (exact) mass is 267 g/mol. The molecule has 2 rings (SSSR count). The summed E-state index contributed by atoms with van der Waals surface area (Å²) in [5.41, 5.74) is 1.74. The van der Waals surface area contributed by atoms with Crippen molar-refractivity contribution in [2.24, 2.45) is 0 Å². The zero-order chi connectivity index (χ0) is 11.1. The third-order valence-corrected chi connectivity index (χ3v) is 4.02. The van der Waals surface area contributed by atoms with Crippen LogP contribution in [0.3, 0.4) is 0 Å². The fraction of sp³-hybridized carbons (Fsp3) is 0.538. The van der Waals surface area contributed by atoms with Crippen LogP contribution in [0, 0.1) is 0 Å². The van der Waals surface area contributed by atoms with E-state index < -0.39 is 0 Å². The Labute approximate surface area is 100 Å². The number of halogens is 1. The smallest absolute Gasteiger partial charge is 0.0422 e. The Balaban J connectivity index is 2.36. The molecule has 0 amide bonds. The molecule has 0 aromatic heterocycles. The van der Waals surface area contributed by atoms with Crippen molar-refractivity contribution in [3.05, 3.63) is 34.3 Å². The van der Waals surface area contributed by atoms with Crippen molar-refractivity contribution in [2.75, 3.05) is 0 Å². The minimum Gasteiger partial charge on any atom is -0.303 e. The first-order chi connectivity index (χ1) is 6.93. The lowest BCUT2D eigenvalue weighted by Gasteiger charge is -2.30. The average Bonchev–Trinajstić information content (AvgIpc) is 2.42. The van der Waals surface area contributed by atoms with Crippen LogP contribution in [0.5, 0.6) is 0 Å². The lowest BCUT2D eigenvalue weighted by molar-refractivity contribution is 0.352. The van der Waals surface area contributed by atoms with Gasteiger partial charge in [-0.1, -0.05) is 34.1 Å². The molecule has 0 radical (unpaired) electrons. The summed E-state index contributed by atoms with van der Waals surface area (Å²) >= 11 is 3.64. The molecule has 0 aliphatic carbocycles. The summed E-state index contributed by atoms with van der Waals surface area (Å²) in [7, 11) is 0. The zero-order valence-corrected chi connectivity index (χ0v) is 11.2. The van der Waals surface area contributed by atoms with Gasteiger partial charge in [0, 0.05) is 15.6 Å². The molecule has 1 saturated heterocycles. The van der Waals surface area contributed by atoms with Crippen LogP contribution in [0.15, 0.2) is 28.7 Å². The fourth-order valence-corrected chi connectivity index (χ4v) is 3.27. The standard InChI is InChI=1S/C13H18BrN/c1-12(2)8-9-13(3,15-12)10-6-4-5-7-11(10)14/h4-7,15H,8-9H2,1-3H3. The van der Waals surface area contributed by atoms with Gasteiger partial charge in [-0.15, -0.1) is 0 Å². The van der Waals surface area contributed by atoms with E-state index in [0.717, 1.165) is 0 Å². The van der Waals surface area contributed by atoms with Crippen LogP contribution in [0.1, 0.15) is 39.2 Å². The predicted octanol–water partition coefficient (Wildman–Crippen LogP) is 3.83. The molecule has 1 aliphatic rings. The van der Waals surface area contributed by atoms with Gasteiger partial charge in [0.25, 0.3) is 0 Å².